The molecule has 2 aromatic rings. The fourth-order valence-corrected chi connectivity index (χ4v) is 2.01. The lowest BCUT2D eigenvalue weighted by Crippen LogP contribution is -1.87. The number of hydrogen-bond donors (Lipinski definition) is 1. The second kappa shape index (κ2) is 7.74. The minimum atomic E-state index is 0.707. The lowest BCUT2D eigenvalue weighted by Gasteiger charge is -2.01. The zero-order chi connectivity index (χ0) is 12.5. The van der Waals surface area contributed by atoms with Crippen LogP contribution in [-0.4, -0.2) is 4.98 Å². The molecule has 0 saturated heterocycles. The van der Waals surface area contributed by atoms with Gasteiger partial charge in [0.05, 0.1) is 16.9 Å². The van der Waals surface area contributed by atoms with Crippen molar-refractivity contribution < 1.29 is 0 Å². The molecule has 0 atom stereocenters. The van der Waals surface area contributed by atoms with Crippen LogP contribution < -0.4 is 5.73 Å². The molecule has 17 heavy (non-hydrogen) atoms. The average Bonchev–Trinajstić information content (AvgIpc) is 2.42. The van der Waals surface area contributed by atoms with Gasteiger partial charge in [-0.2, -0.15) is 0 Å². The molecular formula is C14H18N2S. The number of pyridine rings is 1. The van der Waals surface area contributed by atoms with Crippen LogP contribution in [-0.2, 0) is 5.75 Å². The molecule has 2 rings (SSSR count). The van der Waals surface area contributed by atoms with Gasteiger partial charge in [-0.25, -0.2) is 4.98 Å². The molecule has 0 aliphatic carbocycles. The van der Waals surface area contributed by atoms with Gasteiger partial charge in [-0.15, -0.1) is 11.8 Å². The molecule has 0 saturated carbocycles. The van der Waals surface area contributed by atoms with Gasteiger partial charge in [0, 0.05) is 5.75 Å². The van der Waals surface area contributed by atoms with Crippen molar-refractivity contribution in [1.82, 2.24) is 4.98 Å². The number of thioether (sulfide) groups is 1. The summed E-state index contributed by atoms with van der Waals surface area (Å²) >= 11 is 1.72. The Labute approximate surface area is 107 Å². The van der Waals surface area contributed by atoms with Crippen LogP contribution in [0.25, 0.3) is 0 Å². The quantitative estimate of drug-likeness (QED) is 0.832. The first-order chi connectivity index (χ1) is 8.34. The molecule has 0 radical (unpaired) electrons. The maximum absolute atomic E-state index is 5.56. The van der Waals surface area contributed by atoms with E-state index < -0.39 is 0 Å². The Morgan fingerprint density at radius 2 is 1.76 bits per heavy atom. The van der Waals surface area contributed by atoms with Crippen LogP contribution >= 0.6 is 11.8 Å². The molecular weight excluding hydrogens is 228 g/mol. The number of anilines is 1. The largest absolute Gasteiger partial charge is 0.397 e. The third kappa shape index (κ3) is 4.91. The van der Waals surface area contributed by atoms with Crippen molar-refractivity contribution in [2.75, 3.05) is 5.73 Å². The molecule has 1 aromatic heterocycles. The highest BCUT2D eigenvalue weighted by Crippen LogP contribution is 2.20. The Bertz CT molecular complexity index is 412. The fourth-order valence-electron chi connectivity index (χ4n) is 1.21. The Kier molecular flexibility index (Phi) is 6.18. The molecule has 0 unspecified atom stereocenters. The van der Waals surface area contributed by atoms with Crippen molar-refractivity contribution in [3.63, 3.8) is 0 Å². The molecule has 90 valence electrons. The maximum atomic E-state index is 5.56. The number of benzene rings is 1. The number of nitrogen functional groups attached to an aromatic ring is 1. The van der Waals surface area contributed by atoms with E-state index in [1.165, 1.54) is 5.56 Å². The number of hydrogen-bond acceptors (Lipinski definition) is 3. The van der Waals surface area contributed by atoms with E-state index >= 15 is 0 Å². The SMILES string of the molecule is CC.Nc1ccc(SCc2ccccc2)nc1. The van der Waals surface area contributed by atoms with E-state index in [1.54, 1.807) is 18.0 Å². The Morgan fingerprint density at radius 3 is 2.35 bits per heavy atom. The third-order valence-corrected chi connectivity index (χ3v) is 3.00. The van der Waals surface area contributed by atoms with E-state index in [-0.39, 0.29) is 0 Å². The number of rotatable bonds is 3. The van der Waals surface area contributed by atoms with E-state index in [0.29, 0.717) is 5.69 Å². The van der Waals surface area contributed by atoms with E-state index in [2.05, 4.69) is 17.1 Å². The summed E-state index contributed by atoms with van der Waals surface area (Å²) in [7, 11) is 0. The topological polar surface area (TPSA) is 38.9 Å². The van der Waals surface area contributed by atoms with Gasteiger partial charge < -0.3 is 5.73 Å². The lowest BCUT2D eigenvalue weighted by atomic mass is 10.2. The van der Waals surface area contributed by atoms with Crippen molar-refractivity contribution in [1.29, 1.82) is 0 Å². The van der Waals surface area contributed by atoms with E-state index in [1.807, 2.05) is 44.2 Å². The third-order valence-electron chi connectivity index (χ3n) is 1.99. The van der Waals surface area contributed by atoms with Crippen molar-refractivity contribution in [2.45, 2.75) is 24.6 Å². The van der Waals surface area contributed by atoms with Crippen molar-refractivity contribution in [3.8, 4) is 0 Å². The monoisotopic (exact) mass is 246 g/mol. The second-order valence-corrected chi connectivity index (χ2v) is 4.20. The molecule has 0 aliphatic heterocycles. The summed E-state index contributed by atoms with van der Waals surface area (Å²) in [6.07, 6.45) is 1.69. The number of nitrogens with zero attached hydrogens (tertiary/aromatic N) is 1. The van der Waals surface area contributed by atoms with Crippen LogP contribution in [0.3, 0.4) is 0 Å². The molecule has 2 N–H and O–H groups in total. The van der Waals surface area contributed by atoms with Crippen LogP contribution in [0.5, 0.6) is 0 Å². The van der Waals surface area contributed by atoms with Gasteiger partial charge in [0.1, 0.15) is 0 Å². The summed E-state index contributed by atoms with van der Waals surface area (Å²) in [6.45, 7) is 4.00. The average molecular weight is 246 g/mol. The van der Waals surface area contributed by atoms with Gasteiger partial charge in [0.15, 0.2) is 0 Å². The molecule has 0 spiro atoms. The summed E-state index contributed by atoms with van der Waals surface area (Å²) in [5, 5.41) is 1.01. The minimum Gasteiger partial charge on any atom is -0.397 e. The smallest absolute Gasteiger partial charge is 0.0964 e. The Hall–Kier alpha value is -1.48. The Balaban J connectivity index is 0.000000686. The van der Waals surface area contributed by atoms with Crippen LogP contribution in [0.15, 0.2) is 53.7 Å². The van der Waals surface area contributed by atoms with E-state index in [4.69, 9.17) is 5.73 Å². The van der Waals surface area contributed by atoms with Gasteiger partial charge in [-0.1, -0.05) is 44.2 Å². The van der Waals surface area contributed by atoms with Crippen molar-refractivity contribution in [3.05, 3.63) is 54.2 Å². The summed E-state index contributed by atoms with van der Waals surface area (Å²) in [6, 6.07) is 14.2. The first-order valence-corrected chi connectivity index (χ1v) is 6.71. The maximum Gasteiger partial charge on any atom is 0.0964 e. The van der Waals surface area contributed by atoms with E-state index in [0.717, 1.165) is 10.8 Å². The fraction of sp³-hybridized carbons (Fsp3) is 0.214. The summed E-state index contributed by atoms with van der Waals surface area (Å²) in [4.78, 5) is 4.23. The van der Waals surface area contributed by atoms with Crippen LogP contribution in [0.1, 0.15) is 19.4 Å². The standard InChI is InChI=1S/C12H12N2S.C2H6/c13-11-6-7-12(14-8-11)15-9-10-4-2-1-3-5-10;1-2/h1-8H,9,13H2;1-2H3. The first kappa shape index (κ1) is 13.6. The van der Waals surface area contributed by atoms with Crippen LogP contribution in [0, 0.1) is 0 Å². The van der Waals surface area contributed by atoms with Gasteiger partial charge in [0.25, 0.3) is 0 Å². The van der Waals surface area contributed by atoms with Gasteiger partial charge >= 0.3 is 0 Å². The van der Waals surface area contributed by atoms with Gasteiger partial charge in [-0.05, 0) is 17.7 Å². The molecule has 1 heterocycles. The molecule has 1 aromatic carbocycles. The van der Waals surface area contributed by atoms with Gasteiger partial charge in [0.2, 0.25) is 0 Å². The van der Waals surface area contributed by atoms with Crippen LogP contribution in [0.4, 0.5) is 5.69 Å². The first-order valence-electron chi connectivity index (χ1n) is 5.73. The van der Waals surface area contributed by atoms with Crippen LogP contribution in [0.2, 0.25) is 0 Å². The molecule has 0 aliphatic rings. The second-order valence-electron chi connectivity index (χ2n) is 3.20. The Morgan fingerprint density at radius 1 is 1.06 bits per heavy atom. The molecule has 2 nitrogen and oxygen atoms in total. The summed E-state index contributed by atoms with van der Waals surface area (Å²) in [5.41, 5.74) is 7.58. The lowest BCUT2D eigenvalue weighted by molar-refractivity contribution is 1.13. The minimum absolute atomic E-state index is 0.707. The zero-order valence-electron chi connectivity index (χ0n) is 10.3. The summed E-state index contributed by atoms with van der Waals surface area (Å²) < 4.78 is 0. The van der Waals surface area contributed by atoms with Crippen molar-refractivity contribution >= 4 is 17.4 Å². The molecule has 0 fully saturated rings. The van der Waals surface area contributed by atoms with E-state index in [9.17, 15) is 0 Å². The zero-order valence-corrected chi connectivity index (χ0v) is 11.1. The highest BCUT2D eigenvalue weighted by Gasteiger charge is 1.96. The highest BCUT2D eigenvalue weighted by atomic mass is 32.2. The summed E-state index contributed by atoms with van der Waals surface area (Å²) in [5.74, 6) is 0.942. The predicted molar refractivity (Wildman–Crippen MR) is 76.0 cm³/mol. The highest BCUT2D eigenvalue weighted by molar-refractivity contribution is 7.98. The molecule has 0 bridgehead atoms. The molecule has 0 amide bonds. The number of nitrogens with two attached hydrogens (primary N) is 1. The van der Waals surface area contributed by atoms with Gasteiger partial charge in [-0.3, -0.25) is 0 Å². The molecule has 3 heteroatoms. The normalized spacial score (nSPS) is 9.29. The number of aromatic nitrogens is 1. The predicted octanol–water partition coefficient (Wildman–Crippen LogP) is 3.98. The van der Waals surface area contributed by atoms with Crippen molar-refractivity contribution in [2.24, 2.45) is 0 Å².